The lowest BCUT2D eigenvalue weighted by atomic mass is 9.64. The Bertz CT molecular complexity index is 1690. The standard InChI is InChI=1S/C27H29FN6O5S/c1-4-40(38,39)31-21-8-15(11-30-24(21)34-13-16(14-34)32(2)26(36)37)17-9-18-20(10-19(17)28)29-12-22-23(18)27(6-5-7-27)25(35)33(22)3/h8-12,16,31H,4-7,13-14H2,1-3H3,(H,36,37). The van der Waals surface area contributed by atoms with E-state index in [-0.39, 0.29) is 29.0 Å². The van der Waals surface area contributed by atoms with Crippen LogP contribution < -0.4 is 14.5 Å². The monoisotopic (exact) mass is 568 g/mol. The maximum Gasteiger partial charge on any atom is 0.407 e. The van der Waals surface area contributed by atoms with Crippen LogP contribution in [0.1, 0.15) is 31.7 Å². The van der Waals surface area contributed by atoms with Crippen molar-refractivity contribution in [3.05, 3.63) is 42.0 Å². The number of anilines is 3. The van der Waals surface area contributed by atoms with Crippen LogP contribution in [0, 0.1) is 5.82 Å². The third-order valence-electron chi connectivity index (χ3n) is 8.53. The van der Waals surface area contributed by atoms with Gasteiger partial charge in [-0.25, -0.2) is 22.6 Å². The van der Waals surface area contributed by atoms with Gasteiger partial charge < -0.3 is 19.8 Å². The molecule has 2 aliphatic heterocycles. The molecule has 1 aliphatic carbocycles. The predicted octanol–water partition coefficient (Wildman–Crippen LogP) is 3.39. The van der Waals surface area contributed by atoms with E-state index in [9.17, 15) is 23.1 Å². The molecule has 0 atom stereocenters. The number of benzene rings is 1. The lowest BCUT2D eigenvalue weighted by molar-refractivity contribution is -0.125. The average Bonchev–Trinajstić information content (AvgIpc) is 3.10. The minimum Gasteiger partial charge on any atom is -0.465 e. The van der Waals surface area contributed by atoms with Gasteiger partial charge in [0.1, 0.15) is 5.82 Å². The summed E-state index contributed by atoms with van der Waals surface area (Å²) in [5.74, 6) is -0.364. The summed E-state index contributed by atoms with van der Waals surface area (Å²) in [5.41, 5.74) is 2.15. The van der Waals surface area contributed by atoms with Crippen LogP contribution in [0.15, 0.2) is 30.6 Å². The Balaban J connectivity index is 1.44. The van der Waals surface area contributed by atoms with E-state index in [0.717, 1.165) is 30.5 Å². The van der Waals surface area contributed by atoms with Gasteiger partial charge in [0, 0.05) is 61.5 Å². The van der Waals surface area contributed by atoms with E-state index in [1.807, 2.05) is 0 Å². The first-order valence-corrected chi connectivity index (χ1v) is 14.7. The lowest BCUT2D eigenvalue weighted by Gasteiger charge is -2.44. The second-order valence-electron chi connectivity index (χ2n) is 10.7. The van der Waals surface area contributed by atoms with Crippen LogP contribution in [0.25, 0.3) is 22.0 Å². The van der Waals surface area contributed by atoms with Crippen molar-refractivity contribution < 1.29 is 27.5 Å². The highest BCUT2D eigenvalue weighted by Gasteiger charge is 2.54. The largest absolute Gasteiger partial charge is 0.465 e. The maximum atomic E-state index is 15.5. The summed E-state index contributed by atoms with van der Waals surface area (Å²) in [6, 6.07) is 4.30. The van der Waals surface area contributed by atoms with Crippen LogP contribution in [0.2, 0.25) is 0 Å². The fourth-order valence-corrected chi connectivity index (χ4v) is 6.54. The van der Waals surface area contributed by atoms with Crippen LogP contribution >= 0.6 is 0 Å². The van der Waals surface area contributed by atoms with Crippen molar-refractivity contribution in [2.45, 2.75) is 37.6 Å². The number of rotatable bonds is 6. The number of carboxylic acid groups (broad SMARTS) is 1. The summed E-state index contributed by atoms with van der Waals surface area (Å²) in [7, 11) is -0.487. The first kappa shape index (κ1) is 26.2. The zero-order valence-electron chi connectivity index (χ0n) is 22.3. The number of sulfonamides is 1. The summed E-state index contributed by atoms with van der Waals surface area (Å²) < 4.78 is 43.2. The van der Waals surface area contributed by atoms with Gasteiger partial charge in [-0.2, -0.15) is 0 Å². The van der Waals surface area contributed by atoms with Crippen LogP contribution in [0.3, 0.4) is 0 Å². The smallest absolute Gasteiger partial charge is 0.407 e. The minimum atomic E-state index is -3.70. The predicted molar refractivity (Wildman–Crippen MR) is 149 cm³/mol. The van der Waals surface area contributed by atoms with E-state index < -0.39 is 27.3 Å². The molecule has 6 rings (SSSR count). The minimum absolute atomic E-state index is 0.0256. The summed E-state index contributed by atoms with van der Waals surface area (Å²) in [4.78, 5) is 38.0. The molecule has 1 saturated heterocycles. The second-order valence-corrected chi connectivity index (χ2v) is 12.7. The normalized spacial score (nSPS) is 18.1. The second kappa shape index (κ2) is 9.01. The molecule has 2 N–H and O–H groups in total. The molecule has 3 aliphatic rings. The highest BCUT2D eigenvalue weighted by molar-refractivity contribution is 7.92. The number of fused-ring (bicyclic) bond motifs is 4. The molecule has 3 aromatic rings. The molecule has 2 amide bonds. The third kappa shape index (κ3) is 3.86. The number of nitrogens with one attached hydrogen (secondary N) is 1. The maximum absolute atomic E-state index is 15.5. The Kier molecular flexibility index (Phi) is 5.91. The lowest BCUT2D eigenvalue weighted by Crippen LogP contribution is -2.60. The molecule has 11 nitrogen and oxygen atoms in total. The molecule has 1 aromatic carbocycles. The van der Waals surface area contributed by atoms with Gasteiger partial charge in [-0.3, -0.25) is 14.5 Å². The van der Waals surface area contributed by atoms with Crippen molar-refractivity contribution >= 4 is 50.1 Å². The number of aromatic nitrogens is 2. The van der Waals surface area contributed by atoms with Crippen LogP contribution in [-0.2, 0) is 20.2 Å². The molecule has 1 spiro atoms. The summed E-state index contributed by atoms with van der Waals surface area (Å²) >= 11 is 0. The molecule has 40 heavy (non-hydrogen) atoms. The number of pyridine rings is 2. The summed E-state index contributed by atoms with van der Waals surface area (Å²) in [6.07, 6.45) is 4.43. The van der Waals surface area contributed by atoms with Gasteiger partial charge in [0.05, 0.1) is 40.3 Å². The molecule has 0 bridgehead atoms. The number of likely N-dealkylation sites (N-methyl/N-ethyl adjacent to an activating group) is 2. The Hall–Kier alpha value is -4.00. The van der Waals surface area contributed by atoms with Crippen LogP contribution in [0.5, 0.6) is 0 Å². The molecule has 0 radical (unpaired) electrons. The zero-order chi connectivity index (χ0) is 28.6. The van der Waals surface area contributed by atoms with Gasteiger partial charge in [-0.05, 0) is 31.9 Å². The number of amides is 2. The quantitative estimate of drug-likeness (QED) is 0.462. The molecule has 2 aromatic heterocycles. The number of hydrogen-bond acceptors (Lipinski definition) is 7. The van der Waals surface area contributed by atoms with E-state index in [1.165, 1.54) is 31.1 Å². The van der Waals surface area contributed by atoms with Crippen molar-refractivity contribution in [2.75, 3.05) is 47.5 Å². The third-order valence-corrected chi connectivity index (χ3v) is 9.82. The van der Waals surface area contributed by atoms with Crippen molar-refractivity contribution in [1.29, 1.82) is 0 Å². The van der Waals surface area contributed by atoms with E-state index in [2.05, 4.69) is 14.7 Å². The van der Waals surface area contributed by atoms with Crippen molar-refractivity contribution in [3.8, 4) is 11.1 Å². The molecular weight excluding hydrogens is 539 g/mol. The van der Waals surface area contributed by atoms with Gasteiger partial charge in [-0.15, -0.1) is 0 Å². The van der Waals surface area contributed by atoms with E-state index in [4.69, 9.17) is 0 Å². The van der Waals surface area contributed by atoms with Gasteiger partial charge >= 0.3 is 6.09 Å². The first-order chi connectivity index (χ1) is 19.0. The molecular formula is C27H29FN6O5S. The molecule has 4 heterocycles. The fourth-order valence-electron chi connectivity index (χ4n) is 5.91. The van der Waals surface area contributed by atoms with Gasteiger partial charge in [-0.1, -0.05) is 6.42 Å². The SMILES string of the molecule is CCS(=O)(=O)Nc1cc(-c2cc3c4c(cnc3cc2F)N(C)C(=O)C42CCC2)cnc1N1CC(N(C)C(=O)O)C1. The zero-order valence-corrected chi connectivity index (χ0v) is 23.1. The van der Waals surface area contributed by atoms with E-state index >= 15 is 4.39 Å². The van der Waals surface area contributed by atoms with Crippen molar-refractivity contribution in [1.82, 2.24) is 14.9 Å². The van der Waals surface area contributed by atoms with Gasteiger partial charge in [0.25, 0.3) is 0 Å². The molecule has 2 fully saturated rings. The number of carbonyl (C=O) groups excluding carboxylic acids is 1. The van der Waals surface area contributed by atoms with Crippen molar-refractivity contribution in [3.63, 3.8) is 0 Å². The number of carbonyl (C=O) groups is 2. The number of hydrogen-bond donors (Lipinski definition) is 2. The summed E-state index contributed by atoms with van der Waals surface area (Å²) in [5, 5.41) is 9.94. The van der Waals surface area contributed by atoms with Crippen LogP contribution in [0.4, 0.5) is 26.4 Å². The number of halogens is 1. The Morgan fingerprint density at radius 2 is 1.95 bits per heavy atom. The van der Waals surface area contributed by atoms with Crippen molar-refractivity contribution in [2.24, 2.45) is 0 Å². The van der Waals surface area contributed by atoms with Crippen LogP contribution in [-0.4, -0.2) is 79.4 Å². The van der Waals surface area contributed by atoms with Gasteiger partial charge in [0.15, 0.2) is 5.82 Å². The summed E-state index contributed by atoms with van der Waals surface area (Å²) in [6.45, 7) is 2.18. The van der Waals surface area contributed by atoms with E-state index in [0.29, 0.717) is 35.4 Å². The fraction of sp³-hybridized carbons (Fsp3) is 0.407. The highest BCUT2D eigenvalue weighted by atomic mass is 32.2. The topological polar surface area (TPSA) is 136 Å². The molecule has 210 valence electrons. The molecule has 1 saturated carbocycles. The highest BCUT2D eigenvalue weighted by Crippen LogP contribution is 2.55. The Morgan fingerprint density at radius 1 is 1.23 bits per heavy atom. The Morgan fingerprint density at radius 3 is 2.58 bits per heavy atom. The van der Waals surface area contributed by atoms with Gasteiger partial charge in [0.2, 0.25) is 15.9 Å². The molecule has 13 heteroatoms. The van der Waals surface area contributed by atoms with E-state index in [1.54, 1.807) is 35.2 Å². The Labute approximate surface area is 230 Å². The first-order valence-electron chi connectivity index (χ1n) is 13.1. The average molecular weight is 569 g/mol. The number of nitrogens with zero attached hydrogens (tertiary/aromatic N) is 5. The molecule has 0 unspecified atom stereocenters.